The fourth-order valence-electron chi connectivity index (χ4n) is 2.02. The van der Waals surface area contributed by atoms with Gasteiger partial charge in [0, 0.05) is 26.0 Å². The molecule has 0 unspecified atom stereocenters. The van der Waals surface area contributed by atoms with E-state index in [0.29, 0.717) is 11.3 Å². The molecule has 6 heteroatoms. The molecule has 1 aromatic carbocycles. The number of hydrogen-bond acceptors (Lipinski definition) is 4. The van der Waals surface area contributed by atoms with E-state index >= 15 is 0 Å². The zero-order valence-electron chi connectivity index (χ0n) is 13.5. The van der Waals surface area contributed by atoms with Gasteiger partial charge in [-0.05, 0) is 24.3 Å². The normalized spacial score (nSPS) is 9.71. The zero-order chi connectivity index (χ0) is 17.5. The third kappa shape index (κ3) is 4.11. The van der Waals surface area contributed by atoms with Crippen LogP contribution in [0.15, 0.2) is 42.6 Å². The average Bonchev–Trinajstić information content (AvgIpc) is 2.60. The Labute approximate surface area is 140 Å². The predicted octanol–water partition coefficient (Wildman–Crippen LogP) is 1.76. The van der Waals surface area contributed by atoms with E-state index in [1.165, 1.54) is 0 Å². The van der Waals surface area contributed by atoms with Crippen LogP contribution in [0.5, 0.6) is 0 Å². The van der Waals surface area contributed by atoms with Crippen LogP contribution in [0.3, 0.4) is 0 Å². The molecule has 0 saturated carbocycles. The summed E-state index contributed by atoms with van der Waals surface area (Å²) in [6.07, 6.45) is 6.71. The van der Waals surface area contributed by atoms with Gasteiger partial charge >= 0.3 is 0 Å². The molecule has 1 heterocycles. The van der Waals surface area contributed by atoms with E-state index in [-0.39, 0.29) is 18.1 Å². The molecule has 0 spiro atoms. The summed E-state index contributed by atoms with van der Waals surface area (Å²) in [5, 5.41) is 5.30. The number of nitrogens with one attached hydrogen (secondary N) is 2. The van der Waals surface area contributed by atoms with E-state index in [2.05, 4.69) is 21.5 Å². The van der Waals surface area contributed by atoms with Crippen LogP contribution in [0.25, 0.3) is 0 Å². The van der Waals surface area contributed by atoms with Gasteiger partial charge in [0.05, 0.1) is 17.8 Å². The van der Waals surface area contributed by atoms with Gasteiger partial charge in [-0.2, -0.15) is 0 Å². The molecule has 2 amide bonds. The molecule has 0 aliphatic heterocycles. The van der Waals surface area contributed by atoms with Crippen molar-refractivity contribution in [3.63, 3.8) is 0 Å². The van der Waals surface area contributed by atoms with Crippen LogP contribution < -0.4 is 15.5 Å². The van der Waals surface area contributed by atoms with Crippen LogP contribution >= 0.6 is 0 Å². The fourth-order valence-corrected chi connectivity index (χ4v) is 2.02. The Balaban J connectivity index is 2.22. The number of terminal acetylenes is 1. The third-order valence-corrected chi connectivity index (χ3v) is 3.26. The number of pyridine rings is 1. The van der Waals surface area contributed by atoms with Crippen LogP contribution in [-0.2, 0) is 0 Å². The van der Waals surface area contributed by atoms with E-state index in [4.69, 9.17) is 6.42 Å². The highest BCUT2D eigenvalue weighted by molar-refractivity contribution is 6.08. The average molecular weight is 322 g/mol. The van der Waals surface area contributed by atoms with Crippen molar-refractivity contribution in [1.29, 1.82) is 0 Å². The summed E-state index contributed by atoms with van der Waals surface area (Å²) in [6, 6.07) is 10.2. The monoisotopic (exact) mass is 322 g/mol. The maximum Gasteiger partial charge on any atom is 0.274 e. The molecule has 0 fully saturated rings. The molecule has 2 aromatic rings. The molecule has 122 valence electrons. The van der Waals surface area contributed by atoms with Crippen LogP contribution in [0, 0.1) is 12.3 Å². The summed E-state index contributed by atoms with van der Waals surface area (Å²) >= 11 is 0. The molecule has 1 aromatic heterocycles. The number of anilines is 2. The lowest BCUT2D eigenvalue weighted by Gasteiger charge is -2.14. The van der Waals surface area contributed by atoms with Crippen LogP contribution in [0.2, 0.25) is 0 Å². The van der Waals surface area contributed by atoms with E-state index < -0.39 is 5.91 Å². The van der Waals surface area contributed by atoms with Gasteiger partial charge in [0.25, 0.3) is 11.8 Å². The molecular weight excluding hydrogens is 304 g/mol. The highest BCUT2D eigenvalue weighted by atomic mass is 16.2. The Morgan fingerprint density at radius 3 is 2.67 bits per heavy atom. The Bertz CT molecular complexity index is 794. The summed E-state index contributed by atoms with van der Waals surface area (Å²) < 4.78 is 0. The minimum absolute atomic E-state index is 0.119. The highest BCUT2D eigenvalue weighted by Gasteiger charge is 2.14. The summed E-state index contributed by atoms with van der Waals surface area (Å²) in [4.78, 5) is 30.5. The van der Waals surface area contributed by atoms with Gasteiger partial charge in [0.15, 0.2) is 0 Å². The minimum Gasteiger partial charge on any atom is -0.378 e. The first-order chi connectivity index (χ1) is 11.5. The lowest BCUT2D eigenvalue weighted by atomic mass is 10.1. The topological polar surface area (TPSA) is 74.3 Å². The number of benzene rings is 1. The van der Waals surface area contributed by atoms with Crippen LogP contribution in [-0.4, -0.2) is 37.4 Å². The molecule has 2 rings (SSSR count). The lowest BCUT2D eigenvalue weighted by Crippen LogP contribution is -2.25. The molecule has 0 radical (unpaired) electrons. The SMILES string of the molecule is C#CCNC(=O)c1ccccc1NC(=O)c1cc(N(C)C)ccn1. The number of aromatic nitrogens is 1. The van der Waals surface area contributed by atoms with Crippen molar-refractivity contribution in [2.24, 2.45) is 0 Å². The second kappa shape index (κ2) is 7.79. The van der Waals surface area contributed by atoms with Crippen LogP contribution in [0.1, 0.15) is 20.8 Å². The Kier molecular flexibility index (Phi) is 5.53. The maximum atomic E-state index is 12.4. The summed E-state index contributed by atoms with van der Waals surface area (Å²) in [5.74, 6) is 1.60. The first-order valence-corrected chi connectivity index (χ1v) is 7.28. The molecule has 6 nitrogen and oxygen atoms in total. The first kappa shape index (κ1) is 17.0. The van der Waals surface area contributed by atoms with E-state index in [0.717, 1.165) is 5.69 Å². The zero-order valence-corrected chi connectivity index (χ0v) is 13.5. The van der Waals surface area contributed by atoms with Crippen molar-refractivity contribution in [2.45, 2.75) is 0 Å². The predicted molar refractivity (Wildman–Crippen MR) is 94.1 cm³/mol. The summed E-state index contributed by atoms with van der Waals surface area (Å²) in [5.41, 5.74) is 1.86. The van der Waals surface area contributed by atoms with Gasteiger partial charge in [-0.3, -0.25) is 14.6 Å². The molecule has 0 atom stereocenters. The number of amides is 2. The van der Waals surface area contributed by atoms with Crippen molar-refractivity contribution in [3.8, 4) is 12.3 Å². The number of nitrogens with zero attached hydrogens (tertiary/aromatic N) is 2. The number of rotatable bonds is 5. The van der Waals surface area contributed by atoms with Gasteiger partial charge < -0.3 is 15.5 Å². The molecule has 24 heavy (non-hydrogen) atoms. The van der Waals surface area contributed by atoms with E-state index in [1.807, 2.05) is 19.0 Å². The first-order valence-electron chi connectivity index (χ1n) is 7.28. The number of para-hydroxylation sites is 1. The maximum absolute atomic E-state index is 12.4. The largest absolute Gasteiger partial charge is 0.378 e. The van der Waals surface area contributed by atoms with Crippen molar-refractivity contribution in [2.75, 3.05) is 30.9 Å². The summed E-state index contributed by atoms with van der Waals surface area (Å²) in [7, 11) is 3.75. The van der Waals surface area contributed by atoms with Gasteiger partial charge in [-0.1, -0.05) is 18.1 Å². The number of carbonyl (C=O) groups excluding carboxylic acids is 2. The Morgan fingerprint density at radius 1 is 1.21 bits per heavy atom. The lowest BCUT2D eigenvalue weighted by molar-refractivity contribution is 0.0959. The van der Waals surface area contributed by atoms with Crippen molar-refractivity contribution in [1.82, 2.24) is 10.3 Å². The van der Waals surface area contributed by atoms with Gasteiger partial charge in [-0.25, -0.2) is 0 Å². The third-order valence-electron chi connectivity index (χ3n) is 3.26. The minimum atomic E-state index is -0.393. The molecule has 0 saturated heterocycles. The second-order valence-corrected chi connectivity index (χ2v) is 5.18. The van der Waals surface area contributed by atoms with Gasteiger partial charge in [-0.15, -0.1) is 6.42 Å². The van der Waals surface area contributed by atoms with Gasteiger partial charge in [0.2, 0.25) is 0 Å². The molecule has 0 aliphatic carbocycles. The second-order valence-electron chi connectivity index (χ2n) is 5.18. The highest BCUT2D eigenvalue weighted by Crippen LogP contribution is 2.17. The van der Waals surface area contributed by atoms with Crippen molar-refractivity contribution >= 4 is 23.2 Å². The standard InChI is InChI=1S/C18H18N4O2/c1-4-10-20-17(23)14-7-5-6-8-15(14)21-18(24)16-12-13(22(2)3)9-11-19-16/h1,5-9,11-12H,10H2,2-3H3,(H,20,23)(H,21,24). The van der Waals surface area contributed by atoms with Crippen LogP contribution in [0.4, 0.5) is 11.4 Å². The van der Waals surface area contributed by atoms with Gasteiger partial charge in [0.1, 0.15) is 5.69 Å². The number of hydrogen-bond donors (Lipinski definition) is 2. The molecule has 2 N–H and O–H groups in total. The van der Waals surface area contributed by atoms with Crippen molar-refractivity contribution < 1.29 is 9.59 Å². The van der Waals surface area contributed by atoms with E-state index in [1.54, 1.807) is 42.6 Å². The molecular formula is C18H18N4O2. The quantitative estimate of drug-likeness (QED) is 0.823. The number of carbonyl (C=O) groups is 2. The van der Waals surface area contributed by atoms with E-state index in [9.17, 15) is 9.59 Å². The smallest absolute Gasteiger partial charge is 0.274 e. The summed E-state index contributed by atoms with van der Waals surface area (Å²) in [6.45, 7) is 0.119. The Morgan fingerprint density at radius 2 is 1.96 bits per heavy atom. The fraction of sp³-hybridized carbons (Fsp3) is 0.167. The molecule has 0 bridgehead atoms. The molecule has 0 aliphatic rings. The Hall–Kier alpha value is -3.33. The van der Waals surface area contributed by atoms with Crippen molar-refractivity contribution in [3.05, 3.63) is 53.9 Å².